The second-order valence-electron chi connectivity index (χ2n) is 4.27. The number of phenols is 2. The lowest BCUT2D eigenvalue weighted by Gasteiger charge is -2.11. The summed E-state index contributed by atoms with van der Waals surface area (Å²) in [6, 6.07) is 11.4. The average Bonchev–Trinajstić information content (AvgIpc) is 2.40. The van der Waals surface area contributed by atoms with E-state index in [-0.39, 0.29) is 17.2 Å². The predicted octanol–water partition coefficient (Wildman–Crippen LogP) is 2.58. The Balaban J connectivity index is 2.37. The van der Waals surface area contributed by atoms with Gasteiger partial charge in [-0.1, -0.05) is 24.3 Å². The molecule has 1 unspecified atom stereocenters. The Morgan fingerprint density at radius 2 is 1.75 bits per heavy atom. The Morgan fingerprint density at radius 1 is 1.00 bits per heavy atom. The lowest BCUT2D eigenvalue weighted by Crippen LogP contribution is -1.97. The molecule has 20 heavy (non-hydrogen) atoms. The SMILES string of the molecule is O=S([O-])Oc1cc(O)c2cc3ccccc3c(O)c2c1. The van der Waals surface area contributed by atoms with Gasteiger partial charge >= 0.3 is 0 Å². The van der Waals surface area contributed by atoms with E-state index in [1.807, 2.05) is 12.1 Å². The summed E-state index contributed by atoms with van der Waals surface area (Å²) >= 11 is -2.74. The molecule has 0 spiro atoms. The van der Waals surface area contributed by atoms with Crippen LogP contribution in [0.15, 0.2) is 42.5 Å². The van der Waals surface area contributed by atoms with E-state index in [4.69, 9.17) is 0 Å². The molecule has 5 nitrogen and oxygen atoms in total. The van der Waals surface area contributed by atoms with E-state index >= 15 is 0 Å². The summed E-state index contributed by atoms with van der Waals surface area (Å²) in [5, 5.41) is 22.4. The maximum Gasteiger partial charge on any atom is 0.143 e. The number of rotatable bonds is 2. The lowest BCUT2D eigenvalue weighted by atomic mass is 10.0. The van der Waals surface area contributed by atoms with Crippen LogP contribution in [0.2, 0.25) is 0 Å². The zero-order chi connectivity index (χ0) is 14.3. The van der Waals surface area contributed by atoms with Gasteiger partial charge in [0.2, 0.25) is 0 Å². The fourth-order valence-electron chi connectivity index (χ4n) is 2.23. The minimum absolute atomic E-state index is 0.0319. The second kappa shape index (κ2) is 4.66. The molecule has 0 aliphatic heterocycles. The van der Waals surface area contributed by atoms with Gasteiger partial charge in [-0.2, -0.15) is 0 Å². The van der Waals surface area contributed by atoms with Gasteiger partial charge in [0.05, 0.1) is 0 Å². The van der Waals surface area contributed by atoms with Gasteiger partial charge < -0.3 is 18.9 Å². The molecule has 2 N–H and O–H groups in total. The van der Waals surface area contributed by atoms with Crippen molar-refractivity contribution in [1.29, 1.82) is 0 Å². The van der Waals surface area contributed by atoms with Crippen LogP contribution in [0.4, 0.5) is 0 Å². The van der Waals surface area contributed by atoms with Crippen molar-refractivity contribution in [3.05, 3.63) is 42.5 Å². The van der Waals surface area contributed by atoms with Crippen LogP contribution in [0, 0.1) is 0 Å². The zero-order valence-electron chi connectivity index (χ0n) is 10.1. The maximum absolute atomic E-state index is 10.5. The van der Waals surface area contributed by atoms with Crippen LogP contribution in [0.5, 0.6) is 17.2 Å². The first-order valence-electron chi connectivity index (χ1n) is 5.71. The molecule has 0 saturated carbocycles. The van der Waals surface area contributed by atoms with Crippen LogP contribution in [0.3, 0.4) is 0 Å². The smallest absolute Gasteiger partial charge is 0.143 e. The normalized spacial score (nSPS) is 12.7. The van der Waals surface area contributed by atoms with Gasteiger partial charge in [-0.25, -0.2) is 4.21 Å². The van der Waals surface area contributed by atoms with Crippen LogP contribution < -0.4 is 4.18 Å². The summed E-state index contributed by atoms with van der Waals surface area (Å²) in [7, 11) is 0. The summed E-state index contributed by atoms with van der Waals surface area (Å²) in [6.07, 6.45) is 0. The number of fused-ring (bicyclic) bond motifs is 2. The minimum atomic E-state index is -2.74. The molecule has 3 aromatic carbocycles. The molecule has 0 amide bonds. The predicted molar refractivity (Wildman–Crippen MR) is 74.3 cm³/mol. The highest BCUT2D eigenvalue weighted by Gasteiger charge is 2.11. The van der Waals surface area contributed by atoms with E-state index in [0.29, 0.717) is 16.2 Å². The van der Waals surface area contributed by atoms with E-state index in [1.165, 1.54) is 12.1 Å². The lowest BCUT2D eigenvalue weighted by molar-refractivity contribution is 0.436. The summed E-state index contributed by atoms with van der Waals surface area (Å²) in [5.74, 6) is -0.256. The molecule has 3 aromatic rings. The highest BCUT2D eigenvalue weighted by atomic mass is 32.2. The highest BCUT2D eigenvalue weighted by Crippen LogP contribution is 2.40. The monoisotopic (exact) mass is 289 g/mol. The topological polar surface area (TPSA) is 89.8 Å². The molecule has 1 atom stereocenters. The molecule has 0 fully saturated rings. The number of phenolic OH excluding ortho intramolecular Hbond substituents is 2. The van der Waals surface area contributed by atoms with Crippen molar-refractivity contribution < 1.29 is 23.2 Å². The molecular weight excluding hydrogens is 280 g/mol. The molecule has 0 aromatic heterocycles. The number of benzene rings is 3. The van der Waals surface area contributed by atoms with Gasteiger partial charge in [-0.15, -0.1) is 0 Å². The largest absolute Gasteiger partial charge is 0.740 e. The van der Waals surface area contributed by atoms with Crippen LogP contribution in [0.25, 0.3) is 21.5 Å². The van der Waals surface area contributed by atoms with E-state index in [9.17, 15) is 19.0 Å². The standard InChI is InChI=1S/C14H10O5S/c15-13-7-9(19-20(17)18)6-12-11(13)5-8-3-1-2-4-10(8)14(12)16/h1-7,15-16H,(H,17,18)/p-1. The summed E-state index contributed by atoms with van der Waals surface area (Å²) in [6.45, 7) is 0. The van der Waals surface area contributed by atoms with Crippen molar-refractivity contribution in [2.24, 2.45) is 0 Å². The molecule has 0 aliphatic rings. The first kappa shape index (κ1) is 12.7. The minimum Gasteiger partial charge on any atom is -0.740 e. The first-order chi connectivity index (χ1) is 9.56. The molecule has 0 heterocycles. The van der Waals surface area contributed by atoms with Gasteiger partial charge in [0, 0.05) is 22.2 Å². The van der Waals surface area contributed by atoms with E-state index in [1.54, 1.807) is 18.2 Å². The van der Waals surface area contributed by atoms with Gasteiger partial charge in [0.1, 0.15) is 28.6 Å². The van der Waals surface area contributed by atoms with Crippen molar-refractivity contribution in [1.82, 2.24) is 0 Å². The van der Waals surface area contributed by atoms with Crippen molar-refractivity contribution in [2.45, 2.75) is 0 Å². The molecule has 3 rings (SSSR count). The van der Waals surface area contributed by atoms with Crippen LogP contribution in [0.1, 0.15) is 0 Å². The number of hydrogen-bond acceptors (Lipinski definition) is 5. The van der Waals surface area contributed by atoms with E-state index in [0.717, 1.165) is 5.39 Å². The average molecular weight is 289 g/mol. The number of hydrogen-bond donors (Lipinski definition) is 2. The third-order valence-electron chi connectivity index (χ3n) is 3.07. The highest BCUT2D eigenvalue weighted by molar-refractivity contribution is 7.74. The van der Waals surface area contributed by atoms with Gasteiger partial charge in [-0.05, 0) is 17.5 Å². The molecule has 6 heteroatoms. The van der Waals surface area contributed by atoms with E-state index in [2.05, 4.69) is 4.18 Å². The molecule has 102 valence electrons. The first-order valence-corrected chi connectivity index (χ1v) is 6.71. The Morgan fingerprint density at radius 3 is 2.50 bits per heavy atom. The molecule has 0 saturated heterocycles. The van der Waals surface area contributed by atoms with Crippen LogP contribution >= 0.6 is 0 Å². The Hall–Kier alpha value is -2.31. The van der Waals surface area contributed by atoms with Crippen LogP contribution in [-0.4, -0.2) is 19.0 Å². The van der Waals surface area contributed by atoms with Gasteiger partial charge in [0.25, 0.3) is 0 Å². The van der Waals surface area contributed by atoms with Crippen molar-refractivity contribution in [3.8, 4) is 17.2 Å². The second-order valence-corrected chi connectivity index (χ2v) is 4.85. The van der Waals surface area contributed by atoms with Crippen molar-refractivity contribution in [2.75, 3.05) is 0 Å². The quantitative estimate of drug-likeness (QED) is 0.559. The van der Waals surface area contributed by atoms with Crippen LogP contribution in [-0.2, 0) is 11.4 Å². The summed E-state index contributed by atoms with van der Waals surface area (Å²) in [5.41, 5.74) is 0. The fraction of sp³-hybridized carbons (Fsp3) is 0. The van der Waals surface area contributed by atoms with Gasteiger partial charge in [0.15, 0.2) is 0 Å². The fourth-order valence-corrected chi connectivity index (χ4v) is 2.48. The molecule has 0 radical (unpaired) electrons. The summed E-state index contributed by atoms with van der Waals surface area (Å²) < 4.78 is 25.6. The zero-order valence-corrected chi connectivity index (χ0v) is 10.9. The third-order valence-corrected chi connectivity index (χ3v) is 3.40. The third kappa shape index (κ3) is 2.04. The maximum atomic E-state index is 10.5. The molecular formula is C14H9O5S-. The molecule has 0 aliphatic carbocycles. The van der Waals surface area contributed by atoms with E-state index < -0.39 is 11.4 Å². The molecule has 0 bridgehead atoms. The Kier molecular flexibility index (Phi) is 2.96. The summed E-state index contributed by atoms with van der Waals surface area (Å²) in [4.78, 5) is 0. The Labute approximate surface area is 116 Å². The van der Waals surface area contributed by atoms with Gasteiger partial charge in [-0.3, -0.25) is 0 Å². The van der Waals surface area contributed by atoms with Crippen molar-refractivity contribution >= 4 is 32.9 Å². The van der Waals surface area contributed by atoms with Crippen molar-refractivity contribution in [3.63, 3.8) is 0 Å². The Bertz CT molecular complexity index is 844. The number of aromatic hydroxyl groups is 2.